The number of carboxylic acid groups (broad SMARTS) is 2. The maximum Gasteiger partial charge on any atom is 0.339 e. The van der Waals surface area contributed by atoms with Gasteiger partial charge >= 0.3 is 11.9 Å². The smallest absolute Gasteiger partial charge is 0.339 e. The average Bonchev–Trinajstić information content (AvgIpc) is 2.35. The second-order valence-electron chi connectivity index (χ2n) is 5.01. The SMILES string of the molecule is COc1cc(OC)c(C(C)(C)CC(=O)O)cc1C(=O)O. The summed E-state index contributed by atoms with van der Waals surface area (Å²) < 4.78 is 10.2. The van der Waals surface area contributed by atoms with Crippen LogP contribution in [0.1, 0.15) is 36.2 Å². The summed E-state index contributed by atoms with van der Waals surface area (Å²) in [6, 6.07) is 2.87. The fraction of sp³-hybridized carbons (Fsp3) is 0.429. The van der Waals surface area contributed by atoms with E-state index in [0.29, 0.717) is 11.3 Å². The zero-order valence-electron chi connectivity index (χ0n) is 11.9. The van der Waals surface area contributed by atoms with E-state index in [-0.39, 0.29) is 17.7 Å². The van der Waals surface area contributed by atoms with Crippen molar-refractivity contribution in [3.05, 3.63) is 23.3 Å². The van der Waals surface area contributed by atoms with Crippen LogP contribution in [0.3, 0.4) is 0 Å². The van der Waals surface area contributed by atoms with E-state index in [1.54, 1.807) is 13.8 Å². The number of carbonyl (C=O) groups is 2. The Hall–Kier alpha value is -2.24. The average molecular weight is 282 g/mol. The van der Waals surface area contributed by atoms with Crippen molar-refractivity contribution in [3.63, 3.8) is 0 Å². The summed E-state index contributed by atoms with van der Waals surface area (Å²) in [6.45, 7) is 3.44. The predicted molar refractivity (Wildman–Crippen MR) is 71.8 cm³/mol. The van der Waals surface area contributed by atoms with Gasteiger partial charge < -0.3 is 19.7 Å². The Balaban J connectivity index is 3.48. The Morgan fingerprint density at radius 3 is 2.05 bits per heavy atom. The summed E-state index contributed by atoms with van der Waals surface area (Å²) in [6.07, 6.45) is -0.144. The van der Waals surface area contributed by atoms with Crippen LogP contribution in [0, 0.1) is 0 Å². The molecule has 0 atom stereocenters. The van der Waals surface area contributed by atoms with Crippen molar-refractivity contribution in [2.45, 2.75) is 25.7 Å². The Labute approximate surface area is 116 Å². The Morgan fingerprint density at radius 1 is 1.10 bits per heavy atom. The van der Waals surface area contributed by atoms with E-state index in [0.717, 1.165) is 0 Å². The molecule has 0 spiro atoms. The first kappa shape index (κ1) is 15.8. The Bertz CT molecular complexity index is 533. The van der Waals surface area contributed by atoms with E-state index in [2.05, 4.69) is 0 Å². The number of benzene rings is 1. The highest BCUT2D eigenvalue weighted by Crippen LogP contribution is 2.38. The molecule has 110 valence electrons. The van der Waals surface area contributed by atoms with Crippen molar-refractivity contribution >= 4 is 11.9 Å². The highest BCUT2D eigenvalue weighted by atomic mass is 16.5. The molecule has 1 aromatic rings. The molecule has 0 radical (unpaired) electrons. The van der Waals surface area contributed by atoms with Crippen molar-refractivity contribution < 1.29 is 29.3 Å². The molecular formula is C14H18O6. The minimum Gasteiger partial charge on any atom is -0.496 e. The molecule has 0 aromatic heterocycles. The van der Waals surface area contributed by atoms with Gasteiger partial charge in [0.2, 0.25) is 0 Å². The maximum atomic E-state index is 11.2. The summed E-state index contributed by atoms with van der Waals surface area (Å²) in [7, 11) is 2.80. The Morgan fingerprint density at radius 2 is 1.65 bits per heavy atom. The fourth-order valence-corrected chi connectivity index (χ4v) is 2.07. The van der Waals surface area contributed by atoms with Crippen LogP contribution in [0.5, 0.6) is 11.5 Å². The molecule has 0 heterocycles. The van der Waals surface area contributed by atoms with Gasteiger partial charge in [0.25, 0.3) is 0 Å². The molecule has 1 aromatic carbocycles. The lowest BCUT2D eigenvalue weighted by atomic mass is 9.80. The van der Waals surface area contributed by atoms with Crippen LogP contribution in [0.4, 0.5) is 0 Å². The number of ether oxygens (including phenoxy) is 2. The topological polar surface area (TPSA) is 93.1 Å². The van der Waals surface area contributed by atoms with Crippen molar-refractivity contribution in [2.75, 3.05) is 14.2 Å². The molecule has 6 heteroatoms. The lowest BCUT2D eigenvalue weighted by Gasteiger charge is -2.26. The molecule has 0 aliphatic carbocycles. The molecule has 0 aliphatic heterocycles. The molecule has 0 aliphatic rings. The lowest BCUT2D eigenvalue weighted by Crippen LogP contribution is -2.23. The molecular weight excluding hydrogens is 264 g/mol. The van der Waals surface area contributed by atoms with Crippen LogP contribution >= 0.6 is 0 Å². The molecule has 6 nitrogen and oxygen atoms in total. The predicted octanol–water partition coefficient (Wildman–Crippen LogP) is 2.15. The monoisotopic (exact) mass is 282 g/mol. The first-order chi connectivity index (χ1) is 9.22. The highest BCUT2D eigenvalue weighted by molar-refractivity contribution is 5.91. The van der Waals surface area contributed by atoms with Gasteiger partial charge in [-0.05, 0) is 6.07 Å². The van der Waals surface area contributed by atoms with Crippen LogP contribution in [0.25, 0.3) is 0 Å². The summed E-state index contributed by atoms with van der Waals surface area (Å²) in [5.74, 6) is -1.54. The number of methoxy groups -OCH3 is 2. The lowest BCUT2D eigenvalue weighted by molar-refractivity contribution is -0.138. The van der Waals surface area contributed by atoms with Crippen LogP contribution in [0.2, 0.25) is 0 Å². The molecule has 0 saturated carbocycles. The third kappa shape index (κ3) is 3.20. The Kier molecular flexibility index (Phi) is 4.60. The standard InChI is InChI=1S/C14H18O6/c1-14(2,7-12(15)16)9-5-8(13(17)18)10(19-3)6-11(9)20-4/h5-6H,7H2,1-4H3,(H,15,16)(H,17,18). The summed E-state index contributed by atoms with van der Waals surface area (Å²) in [4.78, 5) is 22.2. The molecule has 0 bridgehead atoms. The van der Waals surface area contributed by atoms with Crippen molar-refractivity contribution in [3.8, 4) is 11.5 Å². The van der Waals surface area contributed by atoms with Crippen molar-refractivity contribution in [1.29, 1.82) is 0 Å². The van der Waals surface area contributed by atoms with Gasteiger partial charge in [0, 0.05) is 17.0 Å². The third-order valence-corrected chi connectivity index (χ3v) is 3.07. The van der Waals surface area contributed by atoms with Crippen LogP contribution in [0.15, 0.2) is 12.1 Å². The zero-order chi connectivity index (χ0) is 15.5. The first-order valence-corrected chi connectivity index (χ1v) is 5.94. The van der Waals surface area contributed by atoms with E-state index < -0.39 is 17.4 Å². The van der Waals surface area contributed by atoms with E-state index in [1.807, 2.05) is 0 Å². The van der Waals surface area contributed by atoms with Gasteiger partial charge in [-0.2, -0.15) is 0 Å². The molecule has 2 N–H and O–H groups in total. The molecule has 0 saturated heterocycles. The molecule has 0 amide bonds. The van der Waals surface area contributed by atoms with Gasteiger partial charge in [-0.3, -0.25) is 4.79 Å². The van der Waals surface area contributed by atoms with E-state index in [4.69, 9.17) is 14.6 Å². The minimum absolute atomic E-state index is 0.0261. The van der Waals surface area contributed by atoms with Gasteiger partial charge in [-0.1, -0.05) is 13.8 Å². The van der Waals surface area contributed by atoms with Gasteiger partial charge in [0.15, 0.2) is 0 Å². The maximum absolute atomic E-state index is 11.2. The number of hydrogen-bond acceptors (Lipinski definition) is 4. The normalized spacial score (nSPS) is 11.0. The summed E-state index contributed by atoms with van der Waals surface area (Å²) in [5, 5.41) is 18.2. The summed E-state index contributed by atoms with van der Waals surface area (Å²) >= 11 is 0. The number of rotatable bonds is 6. The zero-order valence-corrected chi connectivity index (χ0v) is 11.9. The van der Waals surface area contributed by atoms with Crippen LogP contribution < -0.4 is 9.47 Å². The number of aliphatic carboxylic acids is 1. The number of carboxylic acids is 2. The second kappa shape index (κ2) is 5.81. The van der Waals surface area contributed by atoms with E-state index >= 15 is 0 Å². The number of aromatic carboxylic acids is 1. The van der Waals surface area contributed by atoms with Crippen LogP contribution in [-0.2, 0) is 10.2 Å². The fourth-order valence-electron chi connectivity index (χ4n) is 2.07. The van der Waals surface area contributed by atoms with E-state index in [9.17, 15) is 14.7 Å². The summed E-state index contributed by atoms with van der Waals surface area (Å²) in [5.41, 5.74) is -0.282. The molecule has 0 unspecified atom stereocenters. The second-order valence-corrected chi connectivity index (χ2v) is 5.01. The minimum atomic E-state index is -1.14. The quantitative estimate of drug-likeness (QED) is 0.830. The van der Waals surface area contributed by atoms with Crippen molar-refractivity contribution in [2.24, 2.45) is 0 Å². The van der Waals surface area contributed by atoms with Gasteiger partial charge in [0.05, 0.1) is 20.6 Å². The van der Waals surface area contributed by atoms with Gasteiger partial charge in [-0.25, -0.2) is 4.79 Å². The number of hydrogen-bond donors (Lipinski definition) is 2. The first-order valence-electron chi connectivity index (χ1n) is 5.94. The molecule has 20 heavy (non-hydrogen) atoms. The van der Waals surface area contributed by atoms with Gasteiger partial charge in [0.1, 0.15) is 17.1 Å². The highest BCUT2D eigenvalue weighted by Gasteiger charge is 2.30. The molecule has 1 rings (SSSR count). The largest absolute Gasteiger partial charge is 0.496 e. The van der Waals surface area contributed by atoms with Crippen molar-refractivity contribution in [1.82, 2.24) is 0 Å². The molecule has 0 fully saturated rings. The van der Waals surface area contributed by atoms with Crippen LogP contribution in [-0.4, -0.2) is 36.4 Å². The third-order valence-electron chi connectivity index (χ3n) is 3.07. The van der Waals surface area contributed by atoms with E-state index in [1.165, 1.54) is 26.4 Å². The van der Waals surface area contributed by atoms with Gasteiger partial charge in [-0.15, -0.1) is 0 Å².